The van der Waals surface area contributed by atoms with Gasteiger partial charge in [0, 0.05) is 17.5 Å². The van der Waals surface area contributed by atoms with Crippen LogP contribution < -0.4 is 11.1 Å². The number of primary amides is 1. The van der Waals surface area contributed by atoms with E-state index in [4.69, 9.17) is 5.73 Å². The van der Waals surface area contributed by atoms with Crippen LogP contribution in [0.5, 0.6) is 0 Å². The predicted molar refractivity (Wildman–Crippen MR) is 64.0 cm³/mol. The second kappa shape index (κ2) is 6.09. The first kappa shape index (κ1) is 12.5. The highest BCUT2D eigenvalue weighted by atomic mass is 79.9. The number of carbonyl (C=O) groups is 1. The summed E-state index contributed by atoms with van der Waals surface area (Å²) in [4.78, 5) is 11.5. The van der Waals surface area contributed by atoms with Crippen molar-refractivity contribution in [2.75, 3.05) is 13.2 Å². The molecule has 0 saturated carbocycles. The summed E-state index contributed by atoms with van der Waals surface area (Å²) < 4.78 is 5.71. The normalized spacial score (nSPS) is 12.4. The molecule has 1 rings (SSSR count). The summed E-state index contributed by atoms with van der Waals surface area (Å²) in [6.07, 6.45) is -0.733. The third kappa shape index (κ3) is 4.63. The topological polar surface area (TPSA) is 64.3 Å². The summed E-state index contributed by atoms with van der Waals surface area (Å²) >= 11 is 5.09. The SMILES string of the molecule is CC(NCCOC(N)=O)c1ccc(Br)s1. The van der Waals surface area contributed by atoms with Crippen molar-refractivity contribution in [3.8, 4) is 0 Å². The van der Waals surface area contributed by atoms with Crippen molar-refractivity contribution in [1.29, 1.82) is 0 Å². The maximum atomic E-state index is 10.3. The third-order valence-electron chi connectivity index (χ3n) is 1.82. The summed E-state index contributed by atoms with van der Waals surface area (Å²) in [6.45, 7) is 2.95. The fourth-order valence-electron chi connectivity index (χ4n) is 1.09. The number of nitrogens with one attached hydrogen (secondary N) is 1. The lowest BCUT2D eigenvalue weighted by atomic mass is 10.3. The number of hydrogen-bond acceptors (Lipinski definition) is 4. The van der Waals surface area contributed by atoms with E-state index in [1.165, 1.54) is 4.88 Å². The lowest BCUT2D eigenvalue weighted by Crippen LogP contribution is -2.25. The first-order chi connectivity index (χ1) is 7.09. The number of ether oxygens (including phenoxy) is 1. The highest BCUT2D eigenvalue weighted by Gasteiger charge is 2.06. The molecule has 0 saturated heterocycles. The van der Waals surface area contributed by atoms with Gasteiger partial charge >= 0.3 is 6.09 Å². The first-order valence-corrected chi connectivity index (χ1v) is 6.11. The molecule has 1 atom stereocenters. The molecule has 1 aromatic rings. The van der Waals surface area contributed by atoms with E-state index in [2.05, 4.69) is 39.0 Å². The highest BCUT2D eigenvalue weighted by molar-refractivity contribution is 9.11. The zero-order chi connectivity index (χ0) is 11.3. The van der Waals surface area contributed by atoms with Crippen LogP contribution in [0.2, 0.25) is 0 Å². The molecule has 0 spiro atoms. The Morgan fingerprint density at radius 1 is 1.73 bits per heavy atom. The number of hydrogen-bond donors (Lipinski definition) is 2. The van der Waals surface area contributed by atoms with Crippen LogP contribution in [0.3, 0.4) is 0 Å². The Labute approximate surface area is 101 Å². The number of rotatable bonds is 5. The van der Waals surface area contributed by atoms with Crippen LogP contribution in [0, 0.1) is 0 Å². The molecule has 1 amide bonds. The standard InChI is InChI=1S/C9H13BrN2O2S/c1-6(7-2-3-8(10)15-7)12-4-5-14-9(11)13/h2-3,6,12H,4-5H2,1H3,(H2,11,13). The van der Waals surface area contributed by atoms with Gasteiger partial charge in [0.2, 0.25) is 0 Å². The van der Waals surface area contributed by atoms with Crippen molar-refractivity contribution in [2.45, 2.75) is 13.0 Å². The molecule has 84 valence electrons. The van der Waals surface area contributed by atoms with Crippen LogP contribution in [-0.4, -0.2) is 19.2 Å². The van der Waals surface area contributed by atoms with Gasteiger partial charge in [-0.15, -0.1) is 11.3 Å². The maximum Gasteiger partial charge on any atom is 0.404 e. The monoisotopic (exact) mass is 292 g/mol. The van der Waals surface area contributed by atoms with Gasteiger partial charge in [-0.3, -0.25) is 0 Å². The first-order valence-electron chi connectivity index (χ1n) is 4.50. The molecule has 0 aromatic carbocycles. The Balaban J connectivity index is 2.24. The van der Waals surface area contributed by atoms with Gasteiger partial charge in [0.1, 0.15) is 6.61 Å². The minimum atomic E-state index is -0.733. The Bertz CT molecular complexity index is 330. The quantitative estimate of drug-likeness (QED) is 0.818. The molecule has 0 aliphatic carbocycles. The van der Waals surface area contributed by atoms with Gasteiger partial charge in [-0.1, -0.05) is 0 Å². The van der Waals surface area contributed by atoms with Crippen molar-refractivity contribution in [1.82, 2.24) is 5.32 Å². The second-order valence-electron chi connectivity index (χ2n) is 2.99. The molecule has 1 aromatic heterocycles. The lowest BCUT2D eigenvalue weighted by Gasteiger charge is -2.11. The van der Waals surface area contributed by atoms with Crippen LogP contribution >= 0.6 is 27.3 Å². The van der Waals surface area contributed by atoms with Crippen molar-refractivity contribution in [2.24, 2.45) is 5.73 Å². The third-order valence-corrected chi connectivity index (χ3v) is 3.62. The summed E-state index contributed by atoms with van der Waals surface area (Å²) in [5.74, 6) is 0. The summed E-state index contributed by atoms with van der Waals surface area (Å²) in [6, 6.07) is 4.32. The van der Waals surface area contributed by atoms with Crippen molar-refractivity contribution in [3.63, 3.8) is 0 Å². The van der Waals surface area contributed by atoms with E-state index in [9.17, 15) is 4.79 Å². The van der Waals surface area contributed by atoms with Gasteiger partial charge in [0.15, 0.2) is 0 Å². The molecule has 1 heterocycles. The van der Waals surface area contributed by atoms with Crippen molar-refractivity contribution >= 4 is 33.4 Å². The molecule has 0 aliphatic heterocycles. The van der Waals surface area contributed by atoms with Gasteiger partial charge in [0.25, 0.3) is 0 Å². The van der Waals surface area contributed by atoms with Crippen LogP contribution in [0.4, 0.5) is 4.79 Å². The maximum absolute atomic E-state index is 10.3. The molecule has 0 radical (unpaired) electrons. The van der Waals surface area contributed by atoms with Crippen LogP contribution in [-0.2, 0) is 4.74 Å². The number of carbonyl (C=O) groups excluding carboxylic acids is 1. The summed E-state index contributed by atoms with van der Waals surface area (Å²) in [5.41, 5.74) is 4.83. The van der Waals surface area contributed by atoms with Crippen molar-refractivity contribution < 1.29 is 9.53 Å². The number of amides is 1. The Hall–Kier alpha value is -0.590. The molecule has 1 unspecified atom stereocenters. The molecule has 4 nitrogen and oxygen atoms in total. The fourth-order valence-corrected chi connectivity index (χ4v) is 2.54. The molecule has 6 heteroatoms. The molecule has 0 bridgehead atoms. The summed E-state index contributed by atoms with van der Waals surface area (Å²) in [7, 11) is 0. The van der Waals surface area contributed by atoms with Crippen LogP contribution in [0.25, 0.3) is 0 Å². The molecule has 0 aliphatic rings. The van der Waals surface area contributed by atoms with Crippen LogP contribution in [0.15, 0.2) is 15.9 Å². The zero-order valence-electron chi connectivity index (χ0n) is 8.33. The molecular weight excluding hydrogens is 280 g/mol. The smallest absolute Gasteiger partial charge is 0.404 e. The molecule has 0 fully saturated rings. The molecule has 15 heavy (non-hydrogen) atoms. The van der Waals surface area contributed by atoms with E-state index >= 15 is 0 Å². The number of thiophene rings is 1. The number of nitrogens with two attached hydrogens (primary N) is 1. The van der Waals surface area contributed by atoms with Crippen molar-refractivity contribution in [3.05, 3.63) is 20.8 Å². The Morgan fingerprint density at radius 2 is 2.47 bits per heavy atom. The van der Waals surface area contributed by atoms with E-state index in [-0.39, 0.29) is 6.04 Å². The van der Waals surface area contributed by atoms with E-state index in [0.29, 0.717) is 13.2 Å². The van der Waals surface area contributed by atoms with E-state index < -0.39 is 6.09 Å². The Kier molecular flexibility index (Phi) is 5.07. The van der Waals surface area contributed by atoms with Gasteiger partial charge in [-0.2, -0.15) is 0 Å². The van der Waals surface area contributed by atoms with E-state index in [0.717, 1.165) is 3.79 Å². The summed E-state index contributed by atoms with van der Waals surface area (Å²) in [5, 5.41) is 3.22. The lowest BCUT2D eigenvalue weighted by molar-refractivity contribution is 0.156. The Morgan fingerprint density at radius 3 is 3.00 bits per heavy atom. The van der Waals surface area contributed by atoms with Gasteiger partial charge in [-0.25, -0.2) is 4.79 Å². The molecule has 3 N–H and O–H groups in total. The zero-order valence-corrected chi connectivity index (χ0v) is 10.7. The average Bonchev–Trinajstić information content (AvgIpc) is 2.59. The second-order valence-corrected chi connectivity index (χ2v) is 5.48. The van der Waals surface area contributed by atoms with Gasteiger partial charge in [0.05, 0.1) is 3.79 Å². The minimum absolute atomic E-state index is 0.248. The van der Waals surface area contributed by atoms with Gasteiger partial charge in [-0.05, 0) is 35.0 Å². The predicted octanol–water partition coefficient (Wildman–Crippen LogP) is 2.26. The van der Waals surface area contributed by atoms with Crippen LogP contribution in [0.1, 0.15) is 17.8 Å². The minimum Gasteiger partial charge on any atom is -0.448 e. The highest BCUT2D eigenvalue weighted by Crippen LogP contribution is 2.26. The number of halogens is 1. The van der Waals surface area contributed by atoms with E-state index in [1.54, 1.807) is 11.3 Å². The molecular formula is C9H13BrN2O2S. The fraction of sp³-hybridized carbons (Fsp3) is 0.444. The average molecular weight is 293 g/mol. The van der Waals surface area contributed by atoms with Gasteiger partial charge < -0.3 is 15.8 Å². The van der Waals surface area contributed by atoms with E-state index in [1.807, 2.05) is 6.07 Å². The largest absolute Gasteiger partial charge is 0.448 e.